The minimum absolute atomic E-state index is 0.0839. The van der Waals surface area contributed by atoms with Crippen LogP contribution >= 0.6 is 0 Å². The molecule has 2 rings (SSSR count). The van der Waals surface area contributed by atoms with Crippen LogP contribution in [0.15, 0.2) is 47.6 Å². The molecule has 0 aliphatic rings. The quantitative estimate of drug-likeness (QED) is 0.506. The van der Waals surface area contributed by atoms with Crippen molar-refractivity contribution in [3.8, 4) is 5.75 Å². The van der Waals surface area contributed by atoms with Gasteiger partial charge in [-0.3, -0.25) is 4.79 Å². The highest BCUT2D eigenvalue weighted by atomic mass is 16.5. The Morgan fingerprint density at radius 1 is 1.17 bits per heavy atom. The lowest BCUT2D eigenvalue weighted by Gasteiger charge is -2.11. The Hall–Kier alpha value is -2.82. The first-order valence-electron chi connectivity index (χ1n) is 7.35. The number of aryl methyl sites for hydroxylation is 2. The summed E-state index contributed by atoms with van der Waals surface area (Å²) in [6.45, 7) is 5.62. The van der Waals surface area contributed by atoms with Gasteiger partial charge in [-0.1, -0.05) is 30.3 Å². The molecule has 2 aromatic rings. The first-order chi connectivity index (χ1) is 11.0. The molecule has 0 aliphatic heterocycles. The van der Waals surface area contributed by atoms with E-state index in [4.69, 9.17) is 10.5 Å². The van der Waals surface area contributed by atoms with Crippen molar-refractivity contribution in [3.05, 3.63) is 59.2 Å². The Kier molecular flexibility index (Phi) is 5.36. The first-order valence-corrected chi connectivity index (χ1v) is 7.35. The van der Waals surface area contributed by atoms with E-state index < -0.39 is 0 Å². The van der Waals surface area contributed by atoms with Gasteiger partial charge < -0.3 is 10.5 Å². The van der Waals surface area contributed by atoms with Gasteiger partial charge in [0.25, 0.3) is 5.91 Å². The maximum atomic E-state index is 11.9. The fourth-order valence-corrected chi connectivity index (χ4v) is 2.17. The van der Waals surface area contributed by atoms with E-state index in [1.165, 1.54) is 0 Å². The molecule has 5 nitrogen and oxygen atoms in total. The normalized spacial score (nSPS) is 11.2. The number of hydrogen-bond donors (Lipinski definition) is 2. The van der Waals surface area contributed by atoms with E-state index in [1.807, 2.05) is 44.2 Å². The van der Waals surface area contributed by atoms with Crippen LogP contribution < -0.4 is 15.9 Å². The van der Waals surface area contributed by atoms with Crippen molar-refractivity contribution in [1.29, 1.82) is 0 Å². The van der Waals surface area contributed by atoms with Crippen LogP contribution in [0.2, 0.25) is 0 Å². The van der Waals surface area contributed by atoms with Gasteiger partial charge in [0.2, 0.25) is 0 Å². The van der Waals surface area contributed by atoms with Gasteiger partial charge in [0, 0.05) is 5.69 Å². The molecule has 0 bridgehead atoms. The molecule has 0 aromatic heterocycles. The summed E-state index contributed by atoms with van der Waals surface area (Å²) in [6, 6.07) is 13.2. The van der Waals surface area contributed by atoms with Crippen LogP contribution in [0.25, 0.3) is 0 Å². The molecule has 0 aliphatic carbocycles. The smallest absolute Gasteiger partial charge is 0.277 e. The number of nitrogens with zero attached hydrogens (tertiary/aromatic N) is 1. The summed E-state index contributed by atoms with van der Waals surface area (Å²) in [5.74, 6) is 0.426. The average Bonchev–Trinajstić information content (AvgIpc) is 2.52. The summed E-state index contributed by atoms with van der Waals surface area (Å²) < 4.78 is 5.59. The van der Waals surface area contributed by atoms with E-state index in [-0.39, 0.29) is 12.5 Å². The molecule has 120 valence electrons. The van der Waals surface area contributed by atoms with E-state index in [0.717, 1.165) is 22.4 Å². The van der Waals surface area contributed by atoms with Crippen molar-refractivity contribution in [1.82, 2.24) is 5.43 Å². The predicted molar refractivity (Wildman–Crippen MR) is 92.6 cm³/mol. The topological polar surface area (TPSA) is 76.7 Å². The maximum Gasteiger partial charge on any atom is 0.277 e. The lowest BCUT2D eigenvalue weighted by Crippen LogP contribution is -2.26. The molecule has 0 radical (unpaired) electrons. The summed E-state index contributed by atoms with van der Waals surface area (Å²) in [5, 5.41) is 4.07. The highest BCUT2D eigenvalue weighted by Crippen LogP contribution is 2.21. The molecule has 0 unspecified atom stereocenters. The Morgan fingerprint density at radius 3 is 2.48 bits per heavy atom. The first kappa shape index (κ1) is 16.5. The lowest BCUT2D eigenvalue weighted by atomic mass is 10.1. The molecule has 23 heavy (non-hydrogen) atoms. The SMILES string of the molecule is C/C(=N/NC(=O)COc1c(C)cccc1C)c1cccc(N)c1. The third-order valence-electron chi connectivity index (χ3n) is 3.41. The number of nitrogen functional groups attached to an aromatic ring is 1. The number of anilines is 1. The number of carbonyl (C=O) groups is 1. The van der Waals surface area contributed by atoms with Gasteiger partial charge >= 0.3 is 0 Å². The Balaban J connectivity index is 1.94. The number of benzene rings is 2. The molecule has 3 N–H and O–H groups in total. The van der Waals surface area contributed by atoms with Crippen molar-refractivity contribution in [2.45, 2.75) is 20.8 Å². The zero-order valence-electron chi connectivity index (χ0n) is 13.6. The van der Waals surface area contributed by atoms with Gasteiger partial charge in [-0.05, 0) is 49.6 Å². The second kappa shape index (κ2) is 7.45. The molecule has 0 fully saturated rings. The van der Waals surface area contributed by atoms with Crippen LogP contribution in [-0.2, 0) is 4.79 Å². The van der Waals surface area contributed by atoms with Crippen LogP contribution in [0.1, 0.15) is 23.6 Å². The van der Waals surface area contributed by atoms with E-state index >= 15 is 0 Å². The number of amides is 1. The van der Waals surface area contributed by atoms with Crippen molar-refractivity contribution in [3.63, 3.8) is 0 Å². The number of para-hydroxylation sites is 1. The highest BCUT2D eigenvalue weighted by Gasteiger charge is 2.07. The third-order valence-corrected chi connectivity index (χ3v) is 3.41. The van der Waals surface area contributed by atoms with Crippen LogP contribution in [0, 0.1) is 13.8 Å². The lowest BCUT2D eigenvalue weighted by molar-refractivity contribution is -0.123. The number of rotatable bonds is 5. The monoisotopic (exact) mass is 311 g/mol. The van der Waals surface area contributed by atoms with E-state index in [0.29, 0.717) is 11.4 Å². The number of carbonyl (C=O) groups excluding carboxylic acids is 1. The minimum atomic E-state index is -0.309. The number of nitrogens with one attached hydrogen (secondary N) is 1. The van der Waals surface area contributed by atoms with E-state index in [2.05, 4.69) is 10.5 Å². The number of hydrogen-bond acceptors (Lipinski definition) is 4. The summed E-state index contributed by atoms with van der Waals surface area (Å²) in [5.41, 5.74) is 12.4. The minimum Gasteiger partial charge on any atom is -0.483 e. The van der Waals surface area contributed by atoms with Crippen LogP contribution in [0.4, 0.5) is 5.69 Å². The Morgan fingerprint density at radius 2 is 1.83 bits per heavy atom. The second-order valence-electron chi connectivity index (χ2n) is 5.37. The van der Waals surface area contributed by atoms with Crippen LogP contribution in [-0.4, -0.2) is 18.2 Å². The van der Waals surface area contributed by atoms with Gasteiger partial charge in [0.15, 0.2) is 6.61 Å². The number of hydrazone groups is 1. The molecule has 1 amide bonds. The molecule has 0 saturated carbocycles. The third kappa shape index (κ3) is 4.57. The van der Waals surface area contributed by atoms with Gasteiger partial charge in [-0.2, -0.15) is 5.10 Å². The molecule has 0 heterocycles. The fraction of sp³-hybridized carbons (Fsp3) is 0.222. The van der Waals surface area contributed by atoms with E-state index in [9.17, 15) is 4.79 Å². The predicted octanol–water partition coefficient (Wildman–Crippen LogP) is 2.80. The summed E-state index contributed by atoms with van der Waals surface area (Å²) in [6.07, 6.45) is 0. The Bertz CT molecular complexity index is 719. The Labute approximate surface area is 136 Å². The molecular formula is C18H21N3O2. The molecule has 5 heteroatoms. The molecule has 2 aromatic carbocycles. The molecular weight excluding hydrogens is 290 g/mol. The summed E-state index contributed by atoms with van der Waals surface area (Å²) >= 11 is 0. The maximum absolute atomic E-state index is 11.9. The zero-order chi connectivity index (χ0) is 16.8. The highest BCUT2D eigenvalue weighted by molar-refractivity contribution is 5.99. The second-order valence-corrected chi connectivity index (χ2v) is 5.37. The molecule has 0 saturated heterocycles. The summed E-state index contributed by atoms with van der Waals surface area (Å²) in [7, 11) is 0. The summed E-state index contributed by atoms with van der Waals surface area (Å²) in [4.78, 5) is 11.9. The molecule has 0 atom stereocenters. The largest absolute Gasteiger partial charge is 0.483 e. The van der Waals surface area contributed by atoms with Crippen molar-refractivity contribution in [2.24, 2.45) is 5.10 Å². The van der Waals surface area contributed by atoms with Crippen molar-refractivity contribution < 1.29 is 9.53 Å². The fourth-order valence-electron chi connectivity index (χ4n) is 2.17. The zero-order valence-corrected chi connectivity index (χ0v) is 13.6. The van der Waals surface area contributed by atoms with Gasteiger partial charge in [-0.15, -0.1) is 0 Å². The standard InChI is InChI=1S/C18H21N3O2/c1-12-6-4-7-13(2)18(12)23-11-17(22)21-20-14(3)15-8-5-9-16(19)10-15/h4-10H,11,19H2,1-3H3,(H,21,22)/b20-14-. The van der Waals surface area contributed by atoms with Crippen molar-refractivity contribution in [2.75, 3.05) is 12.3 Å². The van der Waals surface area contributed by atoms with Gasteiger partial charge in [0.1, 0.15) is 5.75 Å². The van der Waals surface area contributed by atoms with E-state index in [1.54, 1.807) is 19.1 Å². The van der Waals surface area contributed by atoms with Crippen molar-refractivity contribution >= 4 is 17.3 Å². The number of ether oxygens (including phenoxy) is 1. The molecule has 0 spiro atoms. The van der Waals surface area contributed by atoms with Gasteiger partial charge in [-0.25, -0.2) is 5.43 Å². The number of nitrogens with two attached hydrogens (primary N) is 1. The van der Waals surface area contributed by atoms with Crippen LogP contribution in [0.3, 0.4) is 0 Å². The average molecular weight is 311 g/mol. The van der Waals surface area contributed by atoms with Gasteiger partial charge in [0.05, 0.1) is 5.71 Å². The van der Waals surface area contributed by atoms with Crippen LogP contribution in [0.5, 0.6) is 5.75 Å².